The molecule has 0 spiro atoms. The van der Waals surface area contributed by atoms with Crippen LogP contribution in [0.25, 0.3) is 0 Å². The predicted molar refractivity (Wildman–Crippen MR) is 84.6 cm³/mol. The van der Waals surface area contributed by atoms with Gasteiger partial charge in [-0.15, -0.1) is 0 Å². The van der Waals surface area contributed by atoms with Gasteiger partial charge in [0.25, 0.3) is 0 Å². The fourth-order valence-electron chi connectivity index (χ4n) is 1.88. The van der Waals surface area contributed by atoms with E-state index < -0.39 is 0 Å². The fraction of sp³-hybridized carbons (Fsp3) is 0.333. The Kier molecular flexibility index (Phi) is 4.60. The molecule has 2 rings (SSSR count). The van der Waals surface area contributed by atoms with Gasteiger partial charge < -0.3 is 10.1 Å². The summed E-state index contributed by atoms with van der Waals surface area (Å²) in [6.45, 7) is 8.95. The summed E-state index contributed by atoms with van der Waals surface area (Å²) in [4.78, 5) is 8.55. The number of benzene rings is 1. The summed E-state index contributed by atoms with van der Waals surface area (Å²) in [6, 6.07) is 4.16. The van der Waals surface area contributed by atoms with Crippen LogP contribution in [-0.4, -0.2) is 16.5 Å². The van der Waals surface area contributed by atoms with E-state index in [-0.39, 0.29) is 0 Å². The first-order chi connectivity index (χ1) is 9.51. The van der Waals surface area contributed by atoms with Gasteiger partial charge in [-0.2, -0.15) is 4.98 Å². The van der Waals surface area contributed by atoms with Crippen LogP contribution in [0.1, 0.15) is 23.6 Å². The van der Waals surface area contributed by atoms with Crippen LogP contribution < -0.4 is 10.1 Å². The molecule has 0 amide bonds. The number of halogens is 1. The lowest BCUT2D eigenvalue weighted by molar-refractivity contribution is 0.454. The van der Waals surface area contributed by atoms with Gasteiger partial charge in [-0.1, -0.05) is 6.07 Å². The molecule has 0 aliphatic heterocycles. The van der Waals surface area contributed by atoms with E-state index in [0.717, 1.165) is 22.3 Å². The Hall–Kier alpha value is -1.62. The molecule has 1 heterocycles. The van der Waals surface area contributed by atoms with Crippen LogP contribution in [0.5, 0.6) is 11.6 Å². The molecule has 106 valence electrons. The number of aromatic nitrogens is 2. The number of rotatable bonds is 4. The van der Waals surface area contributed by atoms with Gasteiger partial charge in [0.05, 0.1) is 10.7 Å². The minimum absolute atomic E-state index is 0.518. The van der Waals surface area contributed by atoms with E-state index in [4.69, 9.17) is 4.74 Å². The minimum Gasteiger partial charge on any atom is -0.437 e. The Morgan fingerprint density at radius 1 is 1.25 bits per heavy atom. The SMILES string of the molecule is CCNc1ncc(Br)c(Oc2cc(C)cc(C)c2C)n1. The normalized spacial score (nSPS) is 10.4. The van der Waals surface area contributed by atoms with Crippen molar-refractivity contribution in [1.82, 2.24) is 9.97 Å². The second kappa shape index (κ2) is 6.22. The molecule has 0 fully saturated rings. The highest BCUT2D eigenvalue weighted by atomic mass is 79.9. The Morgan fingerprint density at radius 3 is 2.70 bits per heavy atom. The first-order valence-electron chi connectivity index (χ1n) is 6.53. The number of hydrogen-bond acceptors (Lipinski definition) is 4. The standard InChI is InChI=1S/C15H18BrN3O/c1-5-17-15-18-8-12(16)14(19-15)20-13-7-9(2)6-10(3)11(13)4/h6-8H,5H2,1-4H3,(H,17,18,19). The molecule has 0 saturated carbocycles. The Balaban J connectivity index is 2.36. The molecule has 20 heavy (non-hydrogen) atoms. The van der Waals surface area contributed by atoms with Gasteiger partial charge >= 0.3 is 0 Å². The first kappa shape index (κ1) is 14.8. The van der Waals surface area contributed by atoms with Crippen LogP contribution in [0, 0.1) is 20.8 Å². The smallest absolute Gasteiger partial charge is 0.238 e. The average Bonchev–Trinajstić information content (AvgIpc) is 2.39. The van der Waals surface area contributed by atoms with Gasteiger partial charge in [0.15, 0.2) is 0 Å². The Bertz CT molecular complexity index is 629. The lowest BCUT2D eigenvalue weighted by Gasteiger charge is -2.13. The van der Waals surface area contributed by atoms with Crippen molar-refractivity contribution in [3.8, 4) is 11.6 Å². The second-order valence-electron chi connectivity index (χ2n) is 4.68. The van der Waals surface area contributed by atoms with E-state index in [1.165, 1.54) is 11.1 Å². The Morgan fingerprint density at radius 2 is 2.00 bits per heavy atom. The highest BCUT2D eigenvalue weighted by Gasteiger charge is 2.10. The van der Waals surface area contributed by atoms with Gasteiger partial charge in [0.1, 0.15) is 5.75 Å². The minimum atomic E-state index is 0.518. The van der Waals surface area contributed by atoms with E-state index in [1.807, 2.05) is 19.9 Å². The quantitative estimate of drug-likeness (QED) is 0.900. The lowest BCUT2D eigenvalue weighted by atomic mass is 10.1. The first-order valence-corrected chi connectivity index (χ1v) is 7.32. The van der Waals surface area contributed by atoms with Crippen molar-refractivity contribution in [2.45, 2.75) is 27.7 Å². The fourth-order valence-corrected chi connectivity index (χ4v) is 2.15. The molecule has 0 aliphatic carbocycles. The molecule has 1 aromatic carbocycles. The maximum absolute atomic E-state index is 5.95. The largest absolute Gasteiger partial charge is 0.437 e. The van der Waals surface area contributed by atoms with E-state index in [9.17, 15) is 0 Å². The summed E-state index contributed by atoms with van der Waals surface area (Å²) in [6.07, 6.45) is 1.69. The highest BCUT2D eigenvalue weighted by molar-refractivity contribution is 9.10. The molecule has 0 atom stereocenters. The maximum Gasteiger partial charge on any atom is 0.238 e. The van der Waals surface area contributed by atoms with Gasteiger partial charge in [0, 0.05) is 6.54 Å². The zero-order chi connectivity index (χ0) is 14.7. The molecule has 2 aromatic rings. The van der Waals surface area contributed by atoms with Gasteiger partial charge in [-0.05, 0) is 66.4 Å². The lowest BCUT2D eigenvalue weighted by Crippen LogP contribution is -2.03. The van der Waals surface area contributed by atoms with E-state index >= 15 is 0 Å². The van der Waals surface area contributed by atoms with Crippen LogP contribution in [0.15, 0.2) is 22.8 Å². The highest BCUT2D eigenvalue weighted by Crippen LogP contribution is 2.31. The summed E-state index contributed by atoms with van der Waals surface area (Å²) in [5, 5.41) is 3.08. The molecular formula is C15H18BrN3O. The van der Waals surface area contributed by atoms with E-state index in [1.54, 1.807) is 6.20 Å². The number of nitrogens with zero attached hydrogens (tertiary/aromatic N) is 2. The van der Waals surface area contributed by atoms with Crippen LogP contribution in [-0.2, 0) is 0 Å². The van der Waals surface area contributed by atoms with Crippen LogP contribution in [0.4, 0.5) is 5.95 Å². The van der Waals surface area contributed by atoms with Crippen molar-refractivity contribution in [2.24, 2.45) is 0 Å². The summed E-state index contributed by atoms with van der Waals surface area (Å²) in [5.41, 5.74) is 3.49. The summed E-state index contributed by atoms with van der Waals surface area (Å²) in [7, 11) is 0. The second-order valence-corrected chi connectivity index (χ2v) is 5.54. The van der Waals surface area contributed by atoms with Crippen molar-refractivity contribution < 1.29 is 4.74 Å². The van der Waals surface area contributed by atoms with Crippen LogP contribution >= 0.6 is 15.9 Å². The third kappa shape index (κ3) is 3.28. The molecule has 1 N–H and O–H groups in total. The van der Waals surface area contributed by atoms with E-state index in [0.29, 0.717) is 11.8 Å². The predicted octanol–water partition coefficient (Wildman–Crippen LogP) is 4.39. The van der Waals surface area contributed by atoms with Crippen molar-refractivity contribution in [2.75, 3.05) is 11.9 Å². The Labute approximate surface area is 127 Å². The maximum atomic E-state index is 5.95. The molecular weight excluding hydrogens is 318 g/mol. The third-order valence-corrected chi connectivity index (χ3v) is 3.56. The molecule has 0 aliphatic rings. The summed E-state index contributed by atoms with van der Waals surface area (Å²) < 4.78 is 6.68. The summed E-state index contributed by atoms with van der Waals surface area (Å²) in [5.74, 6) is 1.90. The van der Waals surface area contributed by atoms with Crippen molar-refractivity contribution >= 4 is 21.9 Å². The van der Waals surface area contributed by atoms with Crippen LogP contribution in [0.3, 0.4) is 0 Å². The number of aryl methyl sites for hydroxylation is 2. The van der Waals surface area contributed by atoms with Crippen molar-refractivity contribution in [1.29, 1.82) is 0 Å². The number of ether oxygens (including phenoxy) is 1. The molecule has 4 nitrogen and oxygen atoms in total. The molecule has 0 bridgehead atoms. The zero-order valence-electron chi connectivity index (χ0n) is 12.1. The van der Waals surface area contributed by atoms with Gasteiger partial charge in [0.2, 0.25) is 11.8 Å². The van der Waals surface area contributed by atoms with E-state index in [2.05, 4.69) is 51.1 Å². The van der Waals surface area contributed by atoms with Crippen molar-refractivity contribution in [3.63, 3.8) is 0 Å². The number of hydrogen-bond donors (Lipinski definition) is 1. The molecule has 0 radical (unpaired) electrons. The van der Waals surface area contributed by atoms with Crippen molar-refractivity contribution in [3.05, 3.63) is 39.5 Å². The monoisotopic (exact) mass is 335 g/mol. The summed E-state index contributed by atoms with van der Waals surface area (Å²) >= 11 is 3.42. The van der Waals surface area contributed by atoms with Gasteiger partial charge in [-0.25, -0.2) is 4.98 Å². The average molecular weight is 336 g/mol. The topological polar surface area (TPSA) is 47.0 Å². The molecule has 1 aromatic heterocycles. The van der Waals surface area contributed by atoms with Crippen LogP contribution in [0.2, 0.25) is 0 Å². The number of nitrogens with one attached hydrogen (secondary N) is 1. The number of anilines is 1. The molecule has 5 heteroatoms. The molecule has 0 unspecified atom stereocenters. The van der Waals surface area contributed by atoms with Gasteiger partial charge in [-0.3, -0.25) is 0 Å². The zero-order valence-corrected chi connectivity index (χ0v) is 13.7. The third-order valence-electron chi connectivity index (χ3n) is 3.02. The molecule has 0 saturated heterocycles.